The van der Waals surface area contributed by atoms with Gasteiger partial charge in [-0.05, 0) is 42.2 Å². The molecule has 2 aromatic rings. The number of halogens is 1. The number of nitrogens with two attached hydrogens (primary N) is 1. The highest BCUT2D eigenvalue weighted by molar-refractivity contribution is 9.10. The average molecular weight is 345 g/mol. The molecule has 0 saturated heterocycles. The Morgan fingerprint density at radius 2 is 1.71 bits per heavy atom. The molecule has 2 N–H and O–H groups in total. The molecular weight excluding hydrogens is 324 g/mol. The average Bonchev–Trinajstić information content (AvgIpc) is 2.49. The summed E-state index contributed by atoms with van der Waals surface area (Å²) in [5, 5.41) is 0. The standard InChI is InChI=1S/C18H21BrN2/c1-13(20)18(15-6-8-17(19)9-7-15)21-11-10-14-4-2-3-5-16(14)12-21/h2-9,13,18H,10-12,20H2,1H3. The fourth-order valence-corrected chi connectivity index (χ4v) is 3.53. The second-order valence-electron chi connectivity index (χ2n) is 5.84. The maximum atomic E-state index is 6.30. The molecule has 0 saturated carbocycles. The zero-order valence-corrected chi connectivity index (χ0v) is 13.9. The van der Waals surface area contributed by atoms with Gasteiger partial charge in [-0.15, -0.1) is 0 Å². The molecule has 0 radical (unpaired) electrons. The van der Waals surface area contributed by atoms with E-state index < -0.39 is 0 Å². The van der Waals surface area contributed by atoms with Crippen LogP contribution in [-0.2, 0) is 13.0 Å². The molecule has 0 aromatic heterocycles. The van der Waals surface area contributed by atoms with Crippen LogP contribution in [0.1, 0.15) is 29.7 Å². The molecule has 2 atom stereocenters. The molecule has 3 heteroatoms. The van der Waals surface area contributed by atoms with Gasteiger partial charge in [0.05, 0.1) is 0 Å². The molecule has 110 valence electrons. The molecule has 1 heterocycles. The van der Waals surface area contributed by atoms with Gasteiger partial charge < -0.3 is 5.73 Å². The van der Waals surface area contributed by atoms with Crippen molar-refractivity contribution >= 4 is 15.9 Å². The summed E-state index contributed by atoms with van der Waals surface area (Å²) in [4.78, 5) is 2.51. The van der Waals surface area contributed by atoms with Gasteiger partial charge in [0.25, 0.3) is 0 Å². The lowest BCUT2D eigenvalue weighted by Gasteiger charge is -2.38. The van der Waals surface area contributed by atoms with E-state index in [9.17, 15) is 0 Å². The van der Waals surface area contributed by atoms with Gasteiger partial charge in [0.1, 0.15) is 0 Å². The van der Waals surface area contributed by atoms with Crippen molar-refractivity contribution in [2.75, 3.05) is 6.54 Å². The minimum Gasteiger partial charge on any atom is -0.326 e. The SMILES string of the molecule is CC(N)C(c1ccc(Br)cc1)N1CCc2ccccc2C1. The van der Waals surface area contributed by atoms with Gasteiger partial charge >= 0.3 is 0 Å². The van der Waals surface area contributed by atoms with Crippen molar-refractivity contribution in [1.29, 1.82) is 0 Å². The highest BCUT2D eigenvalue weighted by Gasteiger charge is 2.27. The molecule has 1 aliphatic heterocycles. The normalized spacial score (nSPS) is 18.0. The van der Waals surface area contributed by atoms with Gasteiger partial charge in [0, 0.05) is 29.6 Å². The third-order valence-electron chi connectivity index (χ3n) is 4.26. The van der Waals surface area contributed by atoms with Gasteiger partial charge in [-0.2, -0.15) is 0 Å². The Bertz CT molecular complexity index is 607. The van der Waals surface area contributed by atoms with Crippen LogP contribution in [-0.4, -0.2) is 17.5 Å². The first-order valence-corrected chi connectivity index (χ1v) is 8.26. The summed E-state index contributed by atoms with van der Waals surface area (Å²) >= 11 is 3.50. The van der Waals surface area contributed by atoms with Crippen molar-refractivity contribution in [2.45, 2.75) is 32.0 Å². The van der Waals surface area contributed by atoms with E-state index in [2.05, 4.69) is 76.3 Å². The van der Waals surface area contributed by atoms with E-state index in [1.807, 2.05) is 0 Å². The summed E-state index contributed by atoms with van der Waals surface area (Å²) in [5.41, 5.74) is 10.5. The lowest BCUT2D eigenvalue weighted by atomic mass is 9.93. The van der Waals surface area contributed by atoms with Crippen molar-refractivity contribution in [2.24, 2.45) is 5.73 Å². The number of rotatable bonds is 3. The fourth-order valence-electron chi connectivity index (χ4n) is 3.26. The highest BCUT2D eigenvalue weighted by Crippen LogP contribution is 2.30. The topological polar surface area (TPSA) is 29.3 Å². The highest BCUT2D eigenvalue weighted by atomic mass is 79.9. The molecule has 0 spiro atoms. The number of hydrogen-bond donors (Lipinski definition) is 1. The second-order valence-corrected chi connectivity index (χ2v) is 6.76. The van der Waals surface area contributed by atoms with Crippen LogP contribution in [0.3, 0.4) is 0 Å². The Kier molecular flexibility index (Phi) is 4.43. The summed E-state index contributed by atoms with van der Waals surface area (Å²) in [5.74, 6) is 0. The van der Waals surface area contributed by atoms with Crippen LogP contribution in [0.5, 0.6) is 0 Å². The molecule has 0 amide bonds. The Hall–Kier alpha value is -1.16. The van der Waals surface area contributed by atoms with Crippen molar-refractivity contribution in [1.82, 2.24) is 4.90 Å². The van der Waals surface area contributed by atoms with Crippen LogP contribution < -0.4 is 5.73 Å². The predicted molar refractivity (Wildman–Crippen MR) is 91.1 cm³/mol. The van der Waals surface area contributed by atoms with Crippen LogP contribution >= 0.6 is 15.9 Å². The summed E-state index contributed by atoms with van der Waals surface area (Å²) < 4.78 is 1.11. The van der Waals surface area contributed by atoms with E-state index in [-0.39, 0.29) is 12.1 Å². The summed E-state index contributed by atoms with van der Waals surface area (Å²) in [6.07, 6.45) is 1.11. The maximum absolute atomic E-state index is 6.30. The number of fused-ring (bicyclic) bond motifs is 1. The zero-order valence-electron chi connectivity index (χ0n) is 12.3. The lowest BCUT2D eigenvalue weighted by molar-refractivity contribution is 0.159. The molecule has 0 fully saturated rings. The molecular formula is C18H21BrN2. The van der Waals surface area contributed by atoms with Crippen molar-refractivity contribution in [3.8, 4) is 0 Å². The van der Waals surface area contributed by atoms with E-state index in [0.29, 0.717) is 0 Å². The van der Waals surface area contributed by atoms with Crippen LogP contribution in [0.4, 0.5) is 0 Å². The molecule has 2 unspecified atom stereocenters. The minimum atomic E-state index is 0.108. The summed E-state index contributed by atoms with van der Waals surface area (Å²) in [6, 6.07) is 17.7. The first-order chi connectivity index (χ1) is 10.1. The Labute approximate surface area is 135 Å². The molecule has 3 rings (SSSR count). The van der Waals surface area contributed by atoms with Crippen LogP contribution in [0, 0.1) is 0 Å². The van der Waals surface area contributed by atoms with E-state index in [1.54, 1.807) is 0 Å². The smallest absolute Gasteiger partial charge is 0.0500 e. The van der Waals surface area contributed by atoms with Crippen molar-refractivity contribution in [3.63, 3.8) is 0 Å². The predicted octanol–water partition coefficient (Wildman–Crippen LogP) is 3.90. The molecule has 21 heavy (non-hydrogen) atoms. The monoisotopic (exact) mass is 344 g/mol. The van der Waals surface area contributed by atoms with Crippen LogP contribution in [0.15, 0.2) is 53.0 Å². The molecule has 2 nitrogen and oxygen atoms in total. The van der Waals surface area contributed by atoms with Gasteiger partial charge in [-0.1, -0.05) is 52.3 Å². The van der Waals surface area contributed by atoms with Gasteiger partial charge in [0.15, 0.2) is 0 Å². The fraction of sp³-hybridized carbons (Fsp3) is 0.333. The zero-order chi connectivity index (χ0) is 14.8. The van der Waals surface area contributed by atoms with E-state index in [1.165, 1.54) is 16.7 Å². The third kappa shape index (κ3) is 3.20. The first kappa shape index (κ1) is 14.8. The van der Waals surface area contributed by atoms with E-state index >= 15 is 0 Å². The Balaban J connectivity index is 1.87. The molecule has 1 aliphatic rings. The maximum Gasteiger partial charge on any atom is 0.0500 e. The van der Waals surface area contributed by atoms with Gasteiger partial charge in [-0.25, -0.2) is 0 Å². The van der Waals surface area contributed by atoms with Gasteiger partial charge in [-0.3, -0.25) is 4.90 Å². The van der Waals surface area contributed by atoms with Crippen LogP contribution in [0.25, 0.3) is 0 Å². The van der Waals surface area contributed by atoms with Crippen molar-refractivity contribution in [3.05, 3.63) is 69.7 Å². The van der Waals surface area contributed by atoms with E-state index in [0.717, 1.165) is 24.0 Å². The second kappa shape index (κ2) is 6.30. The Morgan fingerprint density at radius 3 is 2.38 bits per heavy atom. The number of nitrogens with zero attached hydrogens (tertiary/aromatic N) is 1. The van der Waals surface area contributed by atoms with Crippen molar-refractivity contribution < 1.29 is 0 Å². The lowest BCUT2D eigenvalue weighted by Crippen LogP contribution is -2.42. The summed E-state index contributed by atoms with van der Waals surface area (Å²) in [7, 11) is 0. The number of hydrogen-bond acceptors (Lipinski definition) is 2. The quantitative estimate of drug-likeness (QED) is 0.914. The minimum absolute atomic E-state index is 0.108. The first-order valence-electron chi connectivity index (χ1n) is 7.47. The van der Waals surface area contributed by atoms with Gasteiger partial charge in [0.2, 0.25) is 0 Å². The van der Waals surface area contributed by atoms with E-state index in [4.69, 9.17) is 5.73 Å². The van der Waals surface area contributed by atoms with Crippen LogP contribution in [0.2, 0.25) is 0 Å². The summed E-state index contributed by atoms with van der Waals surface area (Å²) in [6.45, 7) is 4.16. The molecule has 0 bridgehead atoms. The molecule has 2 aromatic carbocycles. The number of benzene rings is 2. The molecule has 0 aliphatic carbocycles. The third-order valence-corrected chi connectivity index (χ3v) is 4.79. The Morgan fingerprint density at radius 1 is 1.05 bits per heavy atom. The largest absolute Gasteiger partial charge is 0.326 e.